The van der Waals surface area contributed by atoms with Gasteiger partial charge in [-0.25, -0.2) is 0 Å². The highest BCUT2D eigenvalue weighted by Gasteiger charge is 2.33. The molecule has 1 aromatic rings. The third kappa shape index (κ3) is 2.99. The molecule has 98 valence electrons. The first-order valence-corrected chi connectivity index (χ1v) is 6.79. The van der Waals surface area contributed by atoms with Crippen LogP contribution in [-0.2, 0) is 10.4 Å². The summed E-state index contributed by atoms with van der Waals surface area (Å²) in [5.74, 6) is 0.938. The first-order valence-electron chi connectivity index (χ1n) is 6.79. The predicted octanol–water partition coefficient (Wildman–Crippen LogP) is 3.29. The number of rotatable bonds is 3. The Morgan fingerprint density at radius 1 is 1.33 bits per heavy atom. The quantitative estimate of drug-likeness (QED) is 0.888. The van der Waals surface area contributed by atoms with Crippen LogP contribution in [0.5, 0.6) is 0 Å². The molecule has 2 heteroatoms. The summed E-state index contributed by atoms with van der Waals surface area (Å²) in [7, 11) is 0. The maximum absolute atomic E-state index is 11.9. The normalized spacial score (nSPS) is 27.8. The summed E-state index contributed by atoms with van der Waals surface area (Å²) in [5, 5.41) is 10.6. The highest BCUT2D eigenvalue weighted by Crippen LogP contribution is 2.35. The molecule has 0 spiro atoms. The molecule has 0 bridgehead atoms. The minimum atomic E-state index is -0.904. The Balaban J connectivity index is 2.10. The van der Waals surface area contributed by atoms with Gasteiger partial charge in [0.25, 0.3) is 0 Å². The molecular weight excluding hydrogens is 224 g/mol. The van der Waals surface area contributed by atoms with Gasteiger partial charge in [-0.1, -0.05) is 37.3 Å². The van der Waals surface area contributed by atoms with E-state index in [1.165, 1.54) is 0 Å². The molecule has 1 fully saturated rings. The van der Waals surface area contributed by atoms with Gasteiger partial charge in [0.05, 0.1) is 5.60 Å². The fraction of sp³-hybridized carbons (Fsp3) is 0.562. The highest BCUT2D eigenvalue weighted by molar-refractivity contribution is 5.81. The Hall–Kier alpha value is -1.15. The van der Waals surface area contributed by atoms with E-state index in [0.717, 1.165) is 18.4 Å². The molecule has 3 atom stereocenters. The number of carbonyl (C=O) groups is 1. The van der Waals surface area contributed by atoms with Crippen LogP contribution in [0.15, 0.2) is 30.3 Å². The number of Topliss-reactive ketones (excluding diaryl/α,β-unsaturated/α-hetero) is 1. The molecule has 3 unspecified atom stereocenters. The molecule has 1 N–H and O–H groups in total. The topological polar surface area (TPSA) is 37.3 Å². The Morgan fingerprint density at radius 3 is 2.67 bits per heavy atom. The van der Waals surface area contributed by atoms with Crippen molar-refractivity contribution in [1.29, 1.82) is 0 Å². The van der Waals surface area contributed by atoms with Gasteiger partial charge in [0.1, 0.15) is 5.78 Å². The summed E-state index contributed by atoms with van der Waals surface area (Å²) in [6, 6.07) is 9.64. The number of aliphatic hydroxyl groups is 1. The lowest BCUT2D eigenvalue weighted by Crippen LogP contribution is -2.32. The molecule has 1 saturated carbocycles. The Kier molecular flexibility index (Phi) is 3.86. The third-order valence-electron chi connectivity index (χ3n) is 4.07. The summed E-state index contributed by atoms with van der Waals surface area (Å²) in [6.45, 7) is 4.01. The van der Waals surface area contributed by atoms with Gasteiger partial charge < -0.3 is 5.11 Å². The number of hydrogen-bond donors (Lipinski definition) is 1. The van der Waals surface area contributed by atoms with Crippen LogP contribution >= 0.6 is 0 Å². The average Bonchev–Trinajstić information content (AvgIpc) is 2.35. The molecule has 0 aliphatic heterocycles. The second-order valence-corrected chi connectivity index (χ2v) is 5.89. The van der Waals surface area contributed by atoms with Crippen molar-refractivity contribution < 1.29 is 9.90 Å². The maximum Gasteiger partial charge on any atom is 0.136 e. The molecule has 1 aliphatic carbocycles. The Morgan fingerprint density at radius 2 is 2.00 bits per heavy atom. The van der Waals surface area contributed by atoms with E-state index in [-0.39, 0.29) is 5.92 Å². The summed E-state index contributed by atoms with van der Waals surface area (Å²) in [5.41, 5.74) is -0.00502. The second-order valence-electron chi connectivity index (χ2n) is 5.89. The maximum atomic E-state index is 11.9. The third-order valence-corrected chi connectivity index (χ3v) is 4.07. The van der Waals surface area contributed by atoms with E-state index in [0.29, 0.717) is 24.5 Å². The van der Waals surface area contributed by atoms with Crippen molar-refractivity contribution in [2.45, 2.75) is 45.1 Å². The summed E-state index contributed by atoms with van der Waals surface area (Å²) in [4.78, 5) is 11.9. The van der Waals surface area contributed by atoms with Gasteiger partial charge in [0, 0.05) is 12.3 Å². The number of benzene rings is 1. The molecule has 18 heavy (non-hydrogen) atoms. The molecule has 1 aliphatic rings. The summed E-state index contributed by atoms with van der Waals surface area (Å²) < 4.78 is 0. The van der Waals surface area contributed by atoms with Crippen molar-refractivity contribution in [2.24, 2.45) is 11.8 Å². The van der Waals surface area contributed by atoms with Gasteiger partial charge >= 0.3 is 0 Å². The smallest absolute Gasteiger partial charge is 0.136 e. The van der Waals surface area contributed by atoms with Crippen LogP contribution in [0.1, 0.15) is 45.1 Å². The molecule has 1 aromatic carbocycles. The van der Waals surface area contributed by atoms with E-state index in [9.17, 15) is 9.90 Å². The van der Waals surface area contributed by atoms with Gasteiger partial charge in [-0.3, -0.25) is 4.79 Å². The van der Waals surface area contributed by atoms with Crippen LogP contribution in [0.25, 0.3) is 0 Å². The van der Waals surface area contributed by atoms with Crippen LogP contribution in [0, 0.1) is 11.8 Å². The van der Waals surface area contributed by atoms with E-state index in [2.05, 4.69) is 6.92 Å². The van der Waals surface area contributed by atoms with Gasteiger partial charge in [0.2, 0.25) is 0 Å². The minimum Gasteiger partial charge on any atom is -0.385 e. The molecule has 2 nitrogen and oxygen atoms in total. The minimum absolute atomic E-state index is 0.0176. The standard InChI is InChI=1S/C16H22O2/c1-12-8-9-15(17)13(10-12)11-16(2,18)14-6-4-3-5-7-14/h3-7,12-13,18H,8-11H2,1-2H3. The molecule has 0 aromatic heterocycles. The lowest BCUT2D eigenvalue weighted by molar-refractivity contribution is -0.128. The Bertz CT molecular complexity index is 408. The van der Waals surface area contributed by atoms with Crippen LogP contribution in [-0.4, -0.2) is 10.9 Å². The van der Waals surface area contributed by atoms with Crippen LogP contribution in [0.2, 0.25) is 0 Å². The first kappa shape index (κ1) is 13.3. The van der Waals surface area contributed by atoms with Crippen molar-refractivity contribution >= 4 is 5.78 Å². The van der Waals surface area contributed by atoms with Crippen molar-refractivity contribution in [3.05, 3.63) is 35.9 Å². The van der Waals surface area contributed by atoms with Gasteiger partial charge in [-0.2, -0.15) is 0 Å². The molecule has 0 saturated heterocycles. The zero-order valence-corrected chi connectivity index (χ0v) is 11.2. The zero-order chi connectivity index (χ0) is 13.2. The second kappa shape index (κ2) is 5.23. The number of carbonyl (C=O) groups excluding carboxylic acids is 1. The molecule has 0 radical (unpaired) electrons. The van der Waals surface area contributed by atoms with Crippen molar-refractivity contribution in [3.8, 4) is 0 Å². The molecular formula is C16H22O2. The highest BCUT2D eigenvalue weighted by atomic mass is 16.3. The van der Waals surface area contributed by atoms with Crippen molar-refractivity contribution in [1.82, 2.24) is 0 Å². The van der Waals surface area contributed by atoms with Crippen molar-refractivity contribution in [3.63, 3.8) is 0 Å². The van der Waals surface area contributed by atoms with Gasteiger partial charge in [-0.05, 0) is 37.7 Å². The zero-order valence-electron chi connectivity index (χ0n) is 11.2. The van der Waals surface area contributed by atoms with Gasteiger partial charge in [0.15, 0.2) is 0 Å². The number of hydrogen-bond acceptors (Lipinski definition) is 2. The lowest BCUT2D eigenvalue weighted by Gasteiger charge is -2.32. The number of ketones is 1. The van der Waals surface area contributed by atoms with E-state index in [4.69, 9.17) is 0 Å². The van der Waals surface area contributed by atoms with Crippen molar-refractivity contribution in [2.75, 3.05) is 0 Å². The summed E-state index contributed by atoms with van der Waals surface area (Å²) >= 11 is 0. The monoisotopic (exact) mass is 246 g/mol. The molecule has 2 rings (SSSR count). The molecule has 0 amide bonds. The lowest BCUT2D eigenvalue weighted by atomic mass is 9.75. The largest absolute Gasteiger partial charge is 0.385 e. The van der Waals surface area contributed by atoms with Crippen LogP contribution in [0.4, 0.5) is 0 Å². The predicted molar refractivity (Wildman–Crippen MR) is 72.1 cm³/mol. The van der Waals surface area contributed by atoms with Crippen LogP contribution < -0.4 is 0 Å². The van der Waals surface area contributed by atoms with E-state index >= 15 is 0 Å². The molecule has 0 heterocycles. The average molecular weight is 246 g/mol. The van der Waals surface area contributed by atoms with E-state index in [1.807, 2.05) is 37.3 Å². The van der Waals surface area contributed by atoms with Crippen LogP contribution in [0.3, 0.4) is 0 Å². The van der Waals surface area contributed by atoms with Gasteiger partial charge in [-0.15, -0.1) is 0 Å². The fourth-order valence-electron chi connectivity index (χ4n) is 2.92. The fourth-order valence-corrected chi connectivity index (χ4v) is 2.92. The van der Waals surface area contributed by atoms with E-state index < -0.39 is 5.60 Å². The first-order chi connectivity index (χ1) is 8.49. The van der Waals surface area contributed by atoms with E-state index in [1.54, 1.807) is 0 Å². The Labute approximate surface area is 109 Å². The SMILES string of the molecule is CC1CCC(=O)C(CC(C)(O)c2ccccc2)C1. The summed E-state index contributed by atoms with van der Waals surface area (Å²) in [6.07, 6.45) is 3.14.